The molecular weight excluding hydrogens is 178 g/mol. The van der Waals surface area contributed by atoms with E-state index in [1.807, 2.05) is 0 Å². The van der Waals surface area contributed by atoms with Crippen LogP contribution in [0, 0.1) is 0 Å². The number of carbonyl (C=O) groups is 1. The third-order valence-electron chi connectivity index (χ3n) is 1.43. The van der Waals surface area contributed by atoms with Gasteiger partial charge in [-0.1, -0.05) is 0 Å². The molecule has 1 aromatic rings. The van der Waals surface area contributed by atoms with Gasteiger partial charge >= 0.3 is 11.7 Å². The van der Waals surface area contributed by atoms with Crippen molar-refractivity contribution in [1.29, 1.82) is 0 Å². The van der Waals surface area contributed by atoms with Crippen molar-refractivity contribution in [2.24, 2.45) is 7.05 Å². The number of nitrogens with zero attached hydrogens (tertiary/aromatic N) is 3. The van der Waals surface area contributed by atoms with Crippen molar-refractivity contribution in [3.63, 3.8) is 0 Å². The lowest BCUT2D eigenvalue weighted by Crippen LogP contribution is -2.40. The Balaban J connectivity index is 3.27. The molecule has 0 amide bonds. The SMILES string of the molecule is Cn1c(=O)cnn(CC(=O)O)c1=O. The van der Waals surface area contributed by atoms with Crippen molar-refractivity contribution in [2.45, 2.75) is 6.54 Å². The van der Waals surface area contributed by atoms with Crippen LogP contribution in [0.2, 0.25) is 0 Å². The molecule has 1 aromatic heterocycles. The third-order valence-corrected chi connectivity index (χ3v) is 1.43. The highest BCUT2D eigenvalue weighted by atomic mass is 16.4. The second kappa shape index (κ2) is 3.21. The first-order chi connectivity index (χ1) is 6.02. The van der Waals surface area contributed by atoms with Crippen LogP contribution < -0.4 is 11.2 Å². The fourth-order valence-corrected chi connectivity index (χ4v) is 0.759. The second-order valence-corrected chi connectivity index (χ2v) is 2.38. The van der Waals surface area contributed by atoms with E-state index in [0.717, 1.165) is 10.8 Å². The first kappa shape index (κ1) is 9.17. The van der Waals surface area contributed by atoms with Crippen molar-refractivity contribution in [2.75, 3.05) is 0 Å². The summed E-state index contributed by atoms with van der Waals surface area (Å²) in [6.07, 6.45) is 0.893. The van der Waals surface area contributed by atoms with E-state index in [-0.39, 0.29) is 0 Å². The lowest BCUT2D eigenvalue weighted by molar-refractivity contribution is -0.138. The minimum atomic E-state index is -1.19. The molecule has 0 saturated carbocycles. The fraction of sp³-hybridized carbons (Fsp3) is 0.333. The third kappa shape index (κ3) is 1.81. The Kier molecular flexibility index (Phi) is 2.27. The zero-order chi connectivity index (χ0) is 10.0. The number of hydrogen-bond donors (Lipinski definition) is 1. The first-order valence-corrected chi connectivity index (χ1v) is 3.37. The predicted octanol–water partition coefficient (Wildman–Crippen LogP) is -1.97. The largest absolute Gasteiger partial charge is 0.480 e. The van der Waals surface area contributed by atoms with Crippen LogP contribution in [0.15, 0.2) is 15.8 Å². The highest BCUT2D eigenvalue weighted by molar-refractivity contribution is 5.66. The van der Waals surface area contributed by atoms with E-state index in [1.165, 1.54) is 7.05 Å². The van der Waals surface area contributed by atoms with Gasteiger partial charge in [0.1, 0.15) is 12.7 Å². The van der Waals surface area contributed by atoms with Crippen molar-refractivity contribution in [3.05, 3.63) is 27.0 Å². The van der Waals surface area contributed by atoms with Crippen LogP contribution in [0.4, 0.5) is 0 Å². The summed E-state index contributed by atoms with van der Waals surface area (Å²) in [5.41, 5.74) is -1.30. The van der Waals surface area contributed by atoms with Gasteiger partial charge in [-0.2, -0.15) is 5.10 Å². The van der Waals surface area contributed by atoms with Crippen LogP contribution in [0.5, 0.6) is 0 Å². The molecule has 7 heteroatoms. The molecule has 1 rings (SSSR count). The monoisotopic (exact) mass is 185 g/mol. The van der Waals surface area contributed by atoms with Gasteiger partial charge in [0, 0.05) is 7.05 Å². The second-order valence-electron chi connectivity index (χ2n) is 2.38. The minimum absolute atomic E-state index is 0.549. The zero-order valence-electron chi connectivity index (χ0n) is 6.80. The van der Waals surface area contributed by atoms with E-state index >= 15 is 0 Å². The van der Waals surface area contributed by atoms with Gasteiger partial charge < -0.3 is 5.11 Å². The van der Waals surface area contributed by atoms with E-state index in [1.54, 1.807) is 0 Å². The molecule has 0 aromatic carbocycles. The Bertz CT molecular complexity index is 444. The number of hydrogen-bond acceptors (Lipinski definition) is 4. The van der Waals surface area contributed by atoms with E-state index in [2.05, 4.69) is 5.10 Å². The van der Waals surface area contributed by atoms with Crippen molar-refractivity contribution in [3.8, 4) is 0 Å². The van der Waals surface area contributed by atoms with E-state index in [4.69, 9.17) is 5.11 Å². The van der Waals surface area contributed by atoms with Crippen LogP contribution in [0.1, 0.15) is 0 Å². The molecule has 0 radical (unpaired) electrons. The van der Waals surface area contributed by atoms with Gasteiger partial charge in [-0.15, -0.1) is 0 Å². The molecule has 0 bridgehead atoms. The standard InChI is InChI=1S/C6H7N3O4/c1-8-4(10)2-7-9(6(8)13)3-5(11)12/h2H,3H2,1H3,(H,11,12). The molecule has 0 spiro atoms. The summed E-state index contributed by atoms with van der Waals surface area (Å²) in [6.45, 7) is -0.549. The van der Waals surface area contributed by atoms with Crippen LogP contribution in [0.25, 0.3) is 0 Å². The Morgan fingerprint density at radius 1 is 1.62 bits per heavy atom. The molecule has 0 fully saturated rings. The van der Waals surface area contributed by atoms with Crippen molar-refractivity contribution in [1.82, 2.24) is 14.3 Å². The molecule has 0 aliphatic rings. The maximum absolute atomic E-state index is 11.1. The lowest BCUT2D eigenvalue weighted by Gasteiger charge is -2.00. The maximum atomic E-state index is 11.1. The highest BCUT2D eigenvalue weighted by Gasteiger charge is 2.05. The van der Waals surface area contributed by atoms with Crippen molar-refractivity contribution >= 4 is 5.97 Å². The Hall–Kier alpha value is -1.92. The maximum Gasteiger partial charge on any atom is 0.347 e. The lowest BCUT2D eigenvalue weighted by atomic mass is 10.6. The van der Waals surface area contributed by atoms with Gasteiger partial charge in [-0.3, -0.25) is 14.2 Å². The molecule has 7 nitrogen and oxygen atoms in total. The quantitative estimate of drug-likeness (QED) is 0.576. The molecule has 0 aliphatic heterocycles. The normalized spacial score (nSPS) is 9.92. The summed E-state index contributed by atoms with van der Waals surface area (Å²) in [4.78, 5) is 32.2. The minimum Gasteiger partial charge on any atom is -0.480 e. The molecule has 70 valence electrons. The van der Waals surface area contributed by atoms with E-state index in [0.29, 0.717) is 4.68 Å². The van der Waals surface area contributed by atoms with Crippen LogP contribution in [-0.2, 0) is 18.4 Å². The van der Waals surface area contributed by atoms with Gasteiger partial charge in [0.15, 0.2) is 0 Å². The number of rotatable bonds is 2. The summed E-state index contributed by atoms with van der Waals surface area (Å²) in [5, 5.41) is 11.7. The molecule has 0 aliphatic carbocycles. The van der Waals surface area contributed by atoms with Gasteiger partial charge in [0.25, 0.3) is 5.56 Å². The Morgan fingerprint density at radius 3 is 2.77 bits per heavy atom. The highest BCUT2D eigenvalue weighted by Crippen LogP contribution is 1.71. The smallest absolute Gasteiger partial charge is 0.347 e. The van der Waals surface area contributed by atoms with Gasteiger partial charge in [-0.25, -0.2) is 9.48 Å². The Labute approximate surface area is 71.9 Å². The summed E-state index contributed by atoms with van der Waals surface area (Å²) in [7, 11) is 1.25. The number of aliphatic carboxylic acids is 1. The number of carboxylic acid groups (broad SMARTS) is 1. The van der Waals surface area contributed by atoms with Crippen LogP contribution in [0.3, 0.4) is 0 Å². The van der Waals surface area contributed by atoms with E-state index < -0.39 is 23.8 Å². The van der Waals surface area contributed by atoms with Crippen LogP contribution in [-0.4, -0.2) is 25.4 Å². The molecule has 13 heavy (non-hydrogen) atoms. The summed E-state index contributed by atoms with van der Waals surface area (Å²) < 4.78 is 1.49. The topological polar surface area (TPSA) is 94.2 Å². The average molecular weight is 185 g/mol. The summed E-state index contributed by atoms with van der Waals surface area (Å²) >= 11 is 0. The molecule has 1 heterocycles. The van der Waals surface area contributed by atoms with Crippen LogP contribution >= 0.6 is 0 Å². The van der Waals surface area contributed by atoms with Crippen molar-refractivity contribution < 1.29 is 9.90 Å². The van der Waals surface area contributed by atoms with Gasteiger partial charge in [0.2, 0.25) is 0 Å². The van der Waals surface area contributed by atoms with E-state index in [9.17, 15) is 14.4 Å². The molecule has 1 N–H and O–H groups in total. The summed E-state index contributed by atoms with van der Waals surface area (Å²) in [6, 6.07) is 0. The average Bonchev–Trinajstić information content (AvgIpc) is 2.06. The van der Waals surface area contributed by atoms with Gasteiger partial charge in [0.05, 0.1) is 0 Å². The predicted molar refractivity (Wildman–Crippen MR) is 41.4 cm³/mol. The fourth-order valence-electron chi connectivity index (χ4n) is 0.759. The number of aromatic nitrogens is 3. The molecule has 0 unspecified atom stereocenters. The molecular formula is C6H7N3O4. The first-order valence-electron chi connectivity index (χ1n) is 3.37. The van der Waals surface area contributed by atoms with Gasteiger partial charge in [-0.05, 0) is 0 Å². The molecule has 0 saturated heterocycles. The zero-order valence-corrected chi connectivity index (χ0v) is 6.80. The Morgan fingerprint density at radius 2 is 2.23 bits per heavy atom. The molecule has 0 atom stereocenters. The summed E-state index contributed by atoms with van der Waals surface area (Å²) in [5.74, 6) is -1.19. The number of carboxylic acids is 1.